The van der Waals surface area contributed by atoms with Crippen LogP contribution in [0.25, 0.3) is 0 Å². The minimum atomic E-state index is -0.327. The molecular formula is C14H18O3. The van der Waals surface area contributed by atoms with Crippen molar-refractivity contribution in [2.45, 2.75) is 25.4 Å². The third-order valence-corrected chi connectivity index (χ3v) is 2.41. The van der Waals surface area contributed by atoms with Crippen LogP contribution in [-0.2, 0) is 20.8 Å². The van der Waals surface area contributed by atoms with Gasteiger partial charge in [0.2, 0.25) is 0 Å². The van der Waals surface area contributed by atoms with Crippen LogP contribution in [-0.4, -0.2) is 26.6 Å². The fourth-order valence-electron chi connectivity index (χ4n) is 1.42. The summed E-state index contributed by atoms with van der Waals surface area (Å²) in [4.78, 5) is 0. The molecule has 0 radical (unpaired) electrons. The molecule has 1 aromatic carbocycles. The SMILES string of the molecule is C#CC(CC(OC)OC)OCc1ccccc1. The highest BCUT2D eigenvalue weighted by Crippen LogP contribution is 2.09. The molecule has 0 heterocycles. The number of benzene rings is 1. The topological polar surface area (TPSA) is 27.7 Å². The van der Waals surface area contributed by atoms with E-state index in [1.807, 2.05) is 30.3 Å². The second kappa shape index (κ2) is 7.86. The van der Waals surface area contributed by atoms with Crippen molar-refractivity contribution in [3.63, 3.8) is 0 Å². The highest BCUT2D eigenvalue weighted by atomic mass is 16.7. The number of hydrogen-bond acceptors (Lipinski definition) is 3. The molecule has 1 aromatic rings. The van der Waals surface area contributed by atoms with Gasteiger partial charge in [0.25, 0.3) is 0 Å². The Morgan fingerprint density at radius 1 is 1.18 bits per heavy atom. The van der Waals surface area contributed by atoms with E-state index in [0.29, 0.717) is 13.0 Å². The van der Waals surface area contributed by atoms with Crippen LogP contribution in [0.3, 0.4) is 0 Å². The molecule has 92 valence electrons. The predicted octanol–water partition coefficient (Wildman–Crippen LogP) is 2.21. The zero-order valence-corrected chi connectivity index (χ0v) is 10.3. The van der Waals surface area contributed by atoms with E-state index in [4.69, 9.17) is 20.6 Å². The molecule has 1 atom stereocenters. The quantitative estimate of drug-likeness (QED) is 0.535. The van der Waals surface area contributed by atoms with E-state index in [9.17, 15) is 0 Å². The highest BCUT2D eigenvalue weighted by Gasteiger charge is 2.14. The van der Waals surface area contributed by atoms with Crippen molar-refractivity contribution in [2.24, 2.45) is 0 Å². The number of hydrogen-bond donors (Lipinski definition) is 0. The first-order valence-corrected chi connectivity index (χ1v) is 5.47. The number of terminal acetylenes is 1. The van der Waals surface area contributed by atoms with Gasteiger partial charge in [-0.2, -0.15) is 0 Å². The molecule has 3 heteroatoms. The molecule has 0 amide bonds. The molecule has 0 N–H and O–H groups in total. The molecule has 0 aliphatic heterocycles. The average molecular weight is 234 g/mol. The third kappa shape index (κ3) is 5.01. The summed E-state index contributed by atoms with van der Waals surface area (Å²) in [6.45, 7) is 0.496. The van der Waals surface area contributed by atoms with E-state index in [1.165, 1.54) is 0 Å². The minimum Gasteiger partial charge on any atom is -0.361 e. The van der Waals surface area contributed by atoms with Gasteiger partial charge in [-0.15, -0.1) is 6.42 Å². The summed E-state index contributed by atoms with van der Waals surface area (Å²) < 4.78 is 15.8. The lowest BCUT2D eigenvalue weighted by Gasteiger charge is -2.18. The van der Waals surface area contributed by atoms with Gasteiger partial charge in [-0.3, -0.25) is 0 Å². The molecule has 0 aliphatic rings. The van der Waals surface area contributed by atoms with Crippen LogP contribution in [0.4, 0.5) is 0 Å². The number of methoxy groups -OCH3 is 2. The van der Waals surface area contributed by atoms with E-state index in [0.717, 1.165) is 5.56 Å². The van der Waals surface area contributed by atoms with Crippen molar-refractivity contribution in [1.29, 1.82) is 0 Å². The van der Waals surface area contributed by atoms with Crippen molar-refractivity contribution in [3.8, 4) is 12.3 Å². The first-order chi connectivity index (χ1) is 8.30. The maximum atomic E-state index is 5.62. The first-order valence-electron chi connectivity index (χ1n) is 5.47. The van der Waals surface area contributed by atoms with Crippen molar-refractivity contribution in [2.75, 3.05) is 14.2 Å². The summed E-state index contributed by atoms with van der Waals surface area (Å²) in [5, 5.41) is 0. The van der Waals surface area contributed by atoms with Gasteiger partial charge in [-0.05, 0) is 5.56 Å². The number of rotatable bonds is 7. The van der Waals surface area contributed by atoms with E-state index in [2.05, 4.69) is 5.92 Å². The van der Waals surface area contributed by atoms with Gasteiger partial charge in [-0.25, -0.2) is 0 Å². The molecule has 0 spiro atoms. The summed E-state index contributed by atoms with van der Waals surface area (Å²) in [7, 11) is 3.16. The van der Waals surface area contributed by atoms with Gasteiger partial charge in [0, 0.05) is 20.6 Å². The Morgan fingerprint density at radius 3 is 2.35 bits per heavy atom. The van der Waals surface area contributed by atoms with E-state index in [1.54, 1.807) is 14.2 Å². The summed E-state index contributed by atoms with van der Waals surface area (Å²) in [5.41, 5.74) is 1.10. The lowest BCUT2D eigenvalue weighted by atomic mass is 10.2. The van der Waals surface area contributed by atoms with Gasteiger partial charge >= 0.3 is 0 Å². The molecule has 0 bridgehead atoms. The van der Waals surface area contributed by atoms with E-state index >= 15 is 0 Å². The van der Waals surface area contributed by atoms with Gasteiger partial charge in [-0.1, -0.05) is 36.3 Å². The van der Waals surface area contributed by atoms with Crippen molar-refractivity contribution in [1.82, 2.24) is 0 Å². The molecule has 0 aromatic heterocycles. The standard InChI is InChI=1S/C14H18O3/c1-4-13(10-14(15-2)16-3)17-11-12-8-6-5-7-9-12/h1,5-9,13-14H,10-11H2,2-3H3. The van der Waals surface area contributed by atoms with Crippen molar-refractivity contribution >= 4 is 0 Å². The Hall–Kier alpha value is -1.34. The fraction of sp³-hybridized carbons (Fsp3) is 0.429. The molecule has 17 heavy (non-hydrogen) atoms. The fourth-order valence-corrected chi connectivity index (χ4v) is 1.42. The van der Waals surface area contributed by atoms with Crippen LogP contribution in [0.1, 0.15) is 12.0 Å². The van der Waals surface area contributed by atoms with Crippen molar-refractivity contribution in [3.05, 3.63) is 35.9 Å². The van der Waals surface area contributed by atoms with E-state index in [-0.39, 0.29) is 12.4 Å². The van der Waals surface area contributed by atoms with Crippen LogP contribution in [0.2, 0.25) is 0 Å². The largest absolute Gasteiger partial charge is 0.361 e. The molecule has 0 fully saturated rings. The predicted molar refractivity (Wildman–Crippen MR) is 66.3 cm³/mol. The smallest absolute Gasteiger partial charge is 0.160 e. The third-order valence-electron chi connectivity index (χ3n) is 2.41. The zero-order valence-electron chi connectivity index (χ0n) is 10.3. The number of ether oxygens (including phenoxy) is 3. The average Bonchev–Trinajstić information content (AvgIpc) is 2.40. The van der Waals surface area contributed by atoms with Gasteiger partial charge in [0.1, 0.15) is 6.10 Å². The van der Waals surface area contributed by atoms with Crippen LogP contribution in [0, 0.1) is 12.3 Å². The Balaban J connectivity index is 2.40. The molecular weight excluding hydrogens is 216 g/mol. The Labute approximate surface area is 103 Å². The second-order valence-electron chi connectivity index (χ2n) is 3.59. The van der Waals surface area contributed by atoms with Gasteiger partial charge in [0.15, 0.2) is 6.29 Å². The minimum absolute atomic E-state index is 0.305. The van der Waals surface area contributed by atoms with E-state index < -0.39 is 0 Å². The molecule has 1 rings (SSSR count). The van der Waals surface area contributed by atoms with Crippen molar-refractivity contribution < 1.29 is 14.2 Å². The maximum Gasteiger partial charge on any atom is 0.160 e. The summed E-state index contributed by atoms with van der Waals surface area (Å²) >= 11 is 0. The molecule has 3 nitrogen and oxygen atoms in total. The summed E-state index contributed by atoms with van der Waals surface area (Å²) in [5.74, 6) is 2.59. The van der Waals surface area contributed by atoms with Gasteiger partial charge in [0.05, 0.1) is 6.61 Å². The Morgan fingerprint density at radius 2 is 1.82 bits per heavy atom. The summed E-state index contributed by atoms with van der Waals surface area (Å²) in [6, 6.07) is 9.90. The normalized spacial score (nSPS) is 12.4. The monoisotopic (exact) mass is 234 g/mol. The lowest BCUT2D eigenvalue weighted by molar-refractivity contribution is -0.124. The van der Waals surface area contributed by atoms with Crippen LogP contribution in [0.15, 0.2) is 30.3 Å². The molecule has 0 saturated carbocycles. The second-order valence-corrected chi connectivity index (χ2v) is 3.59. The van der Waals surface area contributed by atoms with Crippen LogP contribution >= 0.6 is 0 Å². The highest BCUT2D eigenvalue weighted by molar-refractivity contribution is 5.13. The molecule has 0 saturated heterocycles. The molecule has 1 unspecified atom stereocenters. The molecule has 0 aliphatic carbocycles. The van der Waals surface area contributed by atoms with Crippen LogP contribution < -0.4 is 0 Å². The Bertz CT molecular complexity index is 338. The lowest BCUT2D eigenvalue weighted by Crippen LogP contribution is -2.22. The first kappa shape index (κ1) is 13.7. The Kier molecular flexibility index (Phi) is 6.34. The van der Waals surface area contributed by atoms with Gasteiger partial charge < -0.3 is 14.2 Å². The van der Waals surface area contributed by atoms with Crippen LogP contribution in [0.5, 0.6) is 0 Å². The zero-order chi connectivity index (χ0) is 12.5. The maximum absolute atomic E-state index is 5.62. The summed E-state index contributed by atoms with van der Waals surface area (Å²) in [6.07, 6.45) is 5.30.